The molecule has 0 bridgehead atoms. The zero-order valence-electron chi connectivity index (χ0n) is 10.6. The van der Waals surface area contributed by atoms with Crippen molar-refractivity contribution in [2.45, 2.75) is 44.1 Å². The Hall–Kier alpha value is -1.43. The number of nitrogens with two attached hydrogens (primary N) is 1. The van der Waals surface area contributed by atoms with Gasteiger partial charge in [0.1, 0.15) is 5.82 Å². The molecule has 1 saturated carbocycles. The van der Waals surface area contributed by atoms with Crippen LogP contribution in [0, 0.1) is 0 Å². The quantitative estimate of drug-likeness (QED) is 0.836. The summed E-state index contributed by atoms with van der Waals surface area (Å²) >= 11 is 0. The van der Waals surface area contributed by atoms with Gasteiger partial charge in [-0.05, 0) is 32.6 Å². The average molecular weight is 249 g/mol. The lowest BCUT2D eigenvalue weighted by atomic mass is 10.0. The van der Waals surface area contributed by atoms with Gasteiger partial charge in [0.15, 0.2) is 0 Å². The Bertz CT molecular complexity index is 440. The third kappa shape index (κ3) is 2.53. The number of nitrogens with one attached hydrogen (secondary N) is 1. The van der Waals surface area contributed by atoms with Gasteiger partial charge in [0.2, 0.25) is 11.9 Å². The van der Waals surface area contributed by atoms with Crippen LogP contribution in [0.15, 0.2) is 0 Å². The highest BCUT2D eigenvalue weighted by Gasteiger charge is 2.30. The maximum absolute atomic E-state index is 5.72. The summed E-state index contributed by atoms with van der Waals surface area (Å²) in [7, 11) is 0. The number of nitrogens with zero attached hydrogens (tertiary/aromatic N) is 3. The Labute approximate surface area is 106 Å². The monoisotopic (exact) mass is 249 g/mol. The number of rotatable bonds is 4. The van der Waals surface area contributed by atoms with Crippen LogP contribution in [0.1, 0.15) is 44.3 Å². The highest BCUT2D eigenvalue weighted by atomic mass is 16.5. The first-order valence-corrected chi connectivity index (χ1v) is 6.54. The Morgan fingerprint density at radius 2 is 2.22 bits per heavy atom. The summed E-state index contributed by atoms with van der Waals surface area (Å²) in [6, 6.07) is 0. The molecule has 1 aromatic heterocycles. The molecule has 6 nitrogen and oxygen atoms in total. The van der Waals surface area contributed by atoms with Crippen LogP contribution in [0.5, 0.6) is 0 Å². The summed E-state index contributed by atoms with van der Waals surface area (Å²) in [5.74, 6) is 2.17. The summed E-state index contributed by atoms with van der Waals surface area (Å²) in [6.45, 7) is 3.66. The molecule has 0 spiro atoms. The van der Waals surface area contributed by atoms with E-state index in [9.17, 15) is 0 Å². The van der Waals surface area contributed by atoms with Gasteiger partial charge in [-0.15, -0.1) is 0 Å². The van der Waals surface area contributed by atoms with E-state index in [1.54, 1.807) is 0 Å². The number of hydrogen-bond donors (Lipinski definition) is 2. The fourth-order valence-corrected chi connectivity index (χ4v) is 2.25. The molecule has 1 saturated heterocycles. The summed E-state index contributed by atoms with van der Waals surface area (Å²) < 4.78 is 5.72. The van der Waals surface area contributed by atoms with E-state index in [0.717, 1.165) is 38.1 Å². The average Bonchev–Trinajstić information content (AvgIpc) is 3.10. The molecule has 3 rings (SSSR count). The number of aromatic nitrogens is 3. The minimum atomic E-state index is -0.110. The van der Waals surface area contributed by atoms with Crippen molar-refractivity contribution >= 4 is 11.9 Å². The molecule has 1 unspecified atom stereocenters. The fourth-order valence-electron chi connectivity index (χ4n) is 2.25. The largest absolute Gasteiger partial charge is 0.373 e. The van der Waals surface area contributed by atoms with Crippen molar-refractivity contribution in [3.05, 3.63) is 5.82 Å². The standard InChI is InChI=1S/C12H19N5O/c1-12(5-2-6-18-12)7-14-11-16-9(8-3-4-8)15-10(13)17-11/h8H,2-7H2,1H3,(H3,13,14,15,16,17). The van der Waals surface area contributed by atoms with Crippen molar-refractivity contribution in [1.82, 2.24) is 15.0 Å². The van der Waals surface area contributed by atoms with Gasteiger partial charge >= 0.3 is 0 Å². The lowest BCUT2D eigenvalue weighted by Crippen LogP contribution is -2.33. The lowest BCUT2D eigenvalue weighted by Gasteiger charge is -2.23. The van der Waals surface area contributed by atoms with Crippen molar-refractivity contribution < 1.29 is 4.74 Å². The Kier molecular flexibility index (Phi) is 2.81. The predicted molar refractivity (Wildman–Crippen MR) is 68.3 cm³/mol. The highest BCUT2D eigenvalue weighted by Crippen LogP contribution is 2.38. The van der Waals surface area contributed by atoms with E-state index < -0.39 is 0 Å². The summed E-state index contributed by atoms with van der Waals surface area (Å²) in [4.78, 5) is 12.7. The second-order valence-electron chi connectivity index (χ2n) is 5.41. The number of anilines is 2. The topological polar surface area (TPSA) is 86.0 Å². The Morgan fingerprint density at radius 3 is 2.89 bits per heavy atom. The van der Waals surface area contributed by atoms with Gasteiger partial charge in [-0.2, -0.15) is 15.0 Å². The maximum Gasteiger partial charge on any atom is 0.227 e. The Balaban J connectivity index is 1.68. The smallest absolute Gasteiger partial charge is 0.227 e. The predicted octanol–water partition coefficient (Wildman–Crippen LogP) is 1.31. The highest BCUT2D eigenvalue weighted by molar-refractivity contribution is 5.33. The van der Waals surface area contributed by atoms with E-state index in [1.165, 1.54) is 0 Å². The lowest BCUT2D eigenvalue weighted by molar-refractivity contribution is 0.0314. The fraction of sp³-hybridized carbons (Fsp3) is 0.750. The second-order valence-corrected chi connectivity index (χ2v) is 5.41. The van der Waals surface area contributed by atoms with Gasteiger partial charge in [0.25, 0.3) is 0 Å². The van der Waals surface area contributed by atoms with E-state index in [0.29, 0.717) is 24.4 Å². The zero-order chi connectivity index (χ0) is 12.6. The van der Waals surface area contributed by atoms with Gasteiger partial charge in [-0.1, -0.05) is 0 Å². The normalized spacial score (nSPS) is 27.4. The number of ether oxygens (including phenoxy) is 1. The van der Waals surface area contributed by atoms with E-state index in [2.05, 4.69) is 27.2 Å². The third-order valence-electron chi connectivity index (χ3n) is 3.53. The van der Waals surface area contributed by atoms with E-state index in [-0.39, 0.29) is 5.60 Å². The van der Waals surface area contributed by atoms with Gasteiger partial charge in [0, 0.05) is 19.1 Å². The van der Waals surface area contributed by atoms with Crippen LogP contribution < -0.4 is 11.1 Å². The van der Waals surface area contributed by atoms with Crippen LogP contribution >= 0.6 is 0 Å². The van der Waals surface area contributed by atoms with Crippen molar-refractivity contribution in [3.63, 3.8) is 0 Å². The molecule has 1 aliphatic carbocycles. The molecule has 0 amide bonds. The molecular formula is C12H19N5O. The van der Waals surface area contributed by atoms with Gasteiger partial charge in [-0.25, -0.2) is 0 Å². The van der Waals surface area contributed by atoms with Crippen molar-refractivity contribution in [2.75, 3.05) is 24.2 Å². The van der Waals surface area contributed by atoms with E-state index in [1.807, 2.05) is 0 Å². The minimum absolute atomic E-state index is 0.110. The van der Waals surface area contributed by atoms with E-state index in [4.69, 9.17) is 10.5 Å². The number of nitrogen functional groups attached to an aromatic ring is 1. The first-order chi connectivity index (χ1) is 8.65. The molecule has 98 valence electrons. The zero-order valence-corrected chi connectivity index (χ0v) is 10.6. The van der Waals surface area contributed by atoms with Crippen molar-refractivity contribution in [3.8, 4) is 0 Å². The molecule has 0 radical (unpaired) electrons. The summed E-state index contributed by atoms with van der Waals surface area (Å²) in [6.07, 6.45) is 4.49. The first-order valence-electron chi connectivity index (χ1n) is 6.54. The molecule has 1 atom stereocenters. The maximum atomic E-state index is 5.72. The van der Waals surface area contributed by atoms with Crippen LogP contribution in [0.2, 0.25) is 0 Å². The van der Waals surface area contributed by atoms with Crippen LogP contribution in [0.4, 0.5) is 11.9 Å². The van der Waals surface area contributed by atoms with Crippen LogP contribution in [-0.4, -0.2) is 33.7 Å². The molecule has 2 aliphatic rings. The Morgan fingerprint density at radius 1 is 1.39 bits per heavy atom. The SMILES string of the molecule is CC1(CNc2nc(N)nc(C3CC3)n2)CCCO1. The molecule has 6 heteroatoms. The third-order valence-corrected chi connectivity index (χ3v) is 3.53. The summed E-state index contributed by atoms with van der Waals surface area (Å²) in [5.41, 5.74) is 5.60. The van der Waals surface area contributed by atoms with Crippen molar-refractivity contribution in [2.24, 2.45) is 0 Å². The second kappa shape index (κ2) is 4.35. The molecule has 18 heavy (non-hydrogen) atoms. The van der Waals surface area contributed by atoms with Gasteiger partial charge in [0.05, 0.1) is 5.60 Å². The first kappa shape index (κ1) is 11.6. The van der Waals surface area contributed by atoms with Gasteiger partial charge < -0.3 is 15.8 Å². The number of hydrogen-bond acceptors (Lipinski definition) is 6. The molecule has 2 heterocycles. The minimum Gasteiger partial charge on any atom is -0.373 e. The van der Waals surface area contributed by atoms with Crippen LogP contribution in [0.3, 0.4) is 0 Å². The molecule has 1 aromatic rings. The van der Waals surface area contributed by atoms with Gasteiger partial charge in [-0.3, -0.25) is 0 Å². The summed E-state index contributed by atoms with van der Waals surface area (Å²) in [5, 5.41) is 3.22. The molecule has 0 aromatic carbocycles. The molecule has 2 fully saturated rings. The molecule has 1 aliphatic heterocycles. The molecular weight excluding hydrogens is 230 g/mol. The molecule has 3 N–H and O–H groups in total. The van der Waals surface area contributed by atoms with E-state index >= 15 is 0 Å². The van der Waals surface area contributed by atoms with Crippen molar-refractivity contribution in [1.29, 1.82) is 0 Å². The van der Waals surface area contributed by atoms with Crippen LogP contribution in [0.25, 0.3) is 0 Å². The van der Waals surface area contributed by atoms with Crippen LogP contribution in [-0.2, 0) is 4.74 Å².